The van der Waals surface area contributed by atoms with Crippen LogP contribution in [0.3, 0.4) is 0 Å². The predicted octanol–water partition coefficient (Wildman–Crippen LogP) is 3.03. The van der Waals surface area contributed by atoms with Crippen LogP contribution in [0.15, 0.2) is 42.5 Å². The minimum Gasteiger partial charge on any atom is -0.423 e. The number of benzene rings is 2. The molecule has 2 aromatic carbocycles. The Morgan fingerprint density at radius 2 is 1.64 bits per heavy atom. The number of esters is 1. The Morgan fingerprint density at radius 1 is 1.00 bits per heavy atom. The second-order valence-electron chi connectivity index (χ2n) is 4.40. The third-order valence-corrected chi connectivity index (χ3v) is 2.89. The summed E-state index contributed by atoms with van der Waals surface area (Å²) in [4.78, 5) is 32.0. The molecule has 0 aliphatic heterocycles. The van der Waals surface area contributed by atoms with Crippen LogP contribution in [0.5, 0.6) is 5.75 Å². The van der Waals surface area contributed by atoms with E-state index in [1.54, 1.807) is 0 Å². The van der Waals surface area contributed by atoms with Gasteiger partial charge >= 0.3 is 5.97 Å². The standard InChI is InChI=1S/C14H10N2O6/c1-9-8-12(6-7-13(9)16(20)21)22-14(17)10-2-4-11(5-3-10)15(18)19/h2-8H,1H3. The molecule has 0 saturated carbocycles. The molecule has 0 aliphatic rings. The van der Waals surface area contributed by atoms with Crippen LogP contribution < -0.4 is 4.74 Å². The zero-order valence-corrected chi connectivity index (χ0v) is 11.4. The molecular weight excluding hydrogens is 292 g/mol. The van der Waals surface area contributed by atoms with Gasteiger partial charge in [-0.25, -0.2) is 4.79 Å². The van der Waals surface area contributed by atoms with Crippen molar-refractivity contribution in [2.45, 2.75) is 6.92 Å². The smallest absolute Gasteiger partial charge is 0.343 e. The minimum absolute atomic E-state index is 0.0739. The topological polar surface area (TPSA) is 113 Å². The van der Waals surface area contributed by atoms with Crippen molar-refractivity contribution in [3.05, 3.63) is 73.8 Å². The summed E-state index contributed by atoms with van der Waals surface area (Å²) in [5.74, 6) is -0.547. The molecule has 22 heavy (non-hydrogen) atoms. The summed E-state index contributed by atoms with van der Waals surface area (Å²) in [6.45, 7) is 1.53. The lowest BCUT2D eigenvalue weighted by Crippen LogP contribution is -2.08. The molecule has 0 N–H and O–H groups in total. The Hall–Kier alpha value is -3.29. The van der Waals surface area contributed by atoms with Crippen LogP contribution >= 0.6 is 0 Å². The van der Waals surface area contributed by atoms with Crippen molar-refractivity contribution in [2.24, 2.45) is 0 Å². The van der Waals surface area contributed by atoms with Gasteiger partial charge in [-0.2, -0.15) is 0 Å². The molecule has 8 nitrogen and oxygen atoms in total. The first kappa shape index (κ1) is 15.1. The Balaban J connectivity index is 2.16. The molecule has 0 heterocycles. The van der Waals surface area contributed by atoms with Crippen molar-refractivity contribution < 1.29 is 19.4 Å². The van der Waals surface area contributed by atoms with E-state index < -0.39 is 15.8 Å². The van der Waals surface area contributed by atoms with E-state index >= 15 is 0 Å². The Bertz CT molecular complexity index is 754. The van der Waals surface area contributed by atoms with Crippen LogP contribution in [0.25, 0.3) is 0 Å². The summed E-state index contributed by atoms with van der Waals surface area (Å²) < 4.78 is 5.08. The molecule has 112 valence electrons. The van der Waals surface area contributed by atoms with Crippen LogP contribution in [-0.2, 0) is 0 Å². The minimum atomic E-state index is -0.705. The molecule has 2 rings (SSSR count). The van der Waals surface area contributed by atoms with E-state index in [-0.39, 0.29) is 22.7 Å². The number of nitro groups is 2. The van der Waals surface area contributed by atoms with Gasteiger partial charge in [0.15, 0.2) is 0 Å². The van der Waals surface area contributed by atoms with Crippen molar-refractivity contribution in [3.63, 3.8) is 0 Å². The number of carbonyl (C=O) groups is 1. The van der Waals surface area contributed by atoms with Crippen LogP contribution in [0.2, 0.25) is 0 Å². The lowest BCUT2D eigenvalue weighted by molar-refractivity contribution is -0.385. The number of non-ortho nitro benzene ring substituents is 1. The third-order valence-electron chi connectivity index (χ3n) is 2.89. The maximum absolute atomic E-state index is 11.9. The first-order chi connectivity index (χ1) is 10.4. The summed E-state index contributed by atoms with van der Waals surface area (Å²) in [6.07, 6.45) is 0. The lowest BCUT2D eigenvalue weighted by atomic mass is 10.2. The van der Waals surface area contributed by atoms with Gasteiger partial charge in [0, 0.05) is 23.8 Å². The number of hydrogen-bond donors (Lipinski definition) is 0. The van der Waals surface area contributed by atoms with Gasteiger partial charge in [0.1, 0.15) is 5.75 Å². The molecule has 0 radical (unpaired) electrons. The fourth-order valence-corrected chi connectivity index (χ4v) is 1.78. The van der Waals surface area contributed by atoms with Crippen LogP contribution in [0, 0.1) is 27.2 Å². The third kappa shape index (κ3) is 3.23. The van der Waals surface area contributed by atoms with Gasteiger partial charge in [0.2, 0.25) is 0 Å². The highest BCUT2D eigenvalue weighted by molar-refractivity contribution is 5.91. The first-order valence-corrected chi connectivity index (χ1v) is 6.10. The number of rotatable bonds is 4. The average Bonchev–Trinajstić information content (AvgIpc) is 2.47. The summed E-state index contributed by atoms with van der Waals surface area (Å²) in [7, 11) is 0. The van der Waals surface area contributed by atoms with E-state index in [0.29, 0.717) is 5.56 Å². The number of nitro benzene ring substituents is 2. The van der Waals surface area contributed by atoms with Gasteiger partial charge < -0.3 is 4.74 Å². The second kappa shape index (κ2) is 6.00. The maximum Gasteiger partial charge on any atom is 0.343 e. The highest BCUT2D eigenvalue weighted by Crippen LogP contribution is 2.24. The highest BCUT2D eigenvalue weighted by Gasteiger charge is 2.14. The van der Waals surface area contributed by atoms with Crippen molar-refractivity contribution in [3.8, 4) is 5.75 Å². The molecule has 0 atom stereocenters. The maximum atomic E-state index is 11.9. The zero-order chi connectivity index (χ0) is 16.3. The van der Waals surface area contributed by atoms with Gasteiger partial charge in [0.25, 0.3) is 11.4 Å². The number of hydrogen-bond acceptors (Lipinski definition) is 6. The average molecular weight is 302 g/mol. The van der Waals surface area contributed by atoms with E-state index in [0.717, 1.165) is 0 Å². The second-order valence-corrected chi connectivity index (χ2v) is 4.40. The van der Waals surface area contributed by atoms with Crippen molar-refractivity contribution >= 4 is 17.3 Å². The molecular formula is C14H10N2O6. The number of nitrogens with zero attached hydrogens (tertiary/aromatic N) is 2. The van der Waals surface area contributed by atoms with E-state index in [1.807, 2.05) is 0 Å². The lowest BCUT2D eigenvalue weighted by Gasteiger charge is -2.05. The fourth-order valence-electron chi connectivity index (χ4n) is 1.78. The molecule has 8 heteroatoms. The Labute approximate surface area is 124 Å². The molecule has 0 saturated heterocycles. The fraction of sp³-hybridized carbons (Fsp3) is 0.0714. The van der Waals surface area contributed by atoms with Gasteiger partial charge in [-0.05, 0) is 31.2 Å². The van der Waals surface area contributed by atoms with Gasteiger partial charge in [-0.1, -0.05) is 0 Å². The molecule has 0 aliphatic carbocycles. The number of ether oxygens (including phenoxy) is 1. The van der Waals surface area contributed by atoms with Gasteiger partial charge in [-0.15, -0.1) is 0 Å². The molecule has 0 unspecified atom stereocenters. The quantitative estimate of drug-likeness (QED) is 0.371. The first-order valence-electron chi connectivity index (χ1n) is 6.10. The summed E-state index contributed by atoms with van der Waals surface area (Å²) in [5, 5.41) is 21.2. The summed E-state index contributed by atoms with van der Waals surface area (Å²) in [5.41, 5.74) is 0.290. The van der Waals surface area contributed by atoms with Crippen molar-refractivity contribution in [1.29, 1.82) is 0 Å². The van der Waals surface area contributed by atoms with E-state index in [2.05, 4.69) is 0 Å². The van der Waals surface area contributed by atoms with E-state index in [9.17, 15) is 25.0 Å². The van der Waals surface area contributed by atoms with E-state index in [4.69, 9.17) is 4.74 Å². The van der Waals surface area contributed by atoms with Crippen LogP contribution in [-0.4, -0.2) is 15.8 Å². The van der Waals surface area contributed by atoms with Crippen LogP contribution in [0.1, 0.15) is 15.9 Å². The molecule has 0 aromatic heterocycles. The largest absolute Gasteiger partial charge is 0.423 e. The zero-order valence-electron chi connectivity index (χ0n) is 11.4. The summed E-state index contributed by atoms with van der Waals surface area (Å²) >= 11 is 0. The number of carbonyl (C=O) groups excluding carboxylic acids is 1. The van der Waals surface area contributed by atoms with Crippen molar-refractivity contribution in [1.82, 2.24) is 0 Å². The van der Waals surface area contributed by atoms with Crippen LogP contribution in [0.4, 0.5) is 11.4 Å². The molecule has 0 fully saturated rings. The van der Waals surface area contributed by atoms with Crippen molar-refractivity contribution in [2.75, 3.05) is 0 Å². The van der Waals surface area contributed by atoms with Gasteiger partial charge in [-0.3, -0.25) is 20.2 Å². The molecule has 0 amide bonds. The Morgan fingerprint density at radius 3 is 2.14 bits per heavy atom. The normalized spacial score (nSPS) is 10.0. The van der Waals surface area contributed by atoms with E-state index in [1.165, 1.54) is 49.4 Å². The molecule has 2 aromatic rings. The Kier molecular flexibility index (Phi) is 4.12. The number of aryl methyl sites for hydroxylation is 1. The predicted molar refractivity (Wildman–Crippen MR) is 75.9 cm³/mol. The SMILES string of the molecule is Cc1cc(OC(=O)c2ccc([N+](=O)[O-])cc2)ccc1[N+](=O)[O-]. The van der Waals surface area contributed by atoms with Gasteiger partial charge in [0.05, 0.1) is 15.4 Å². The summed E-state index contributed by atoms with van der Waals surface area (Å²) in [6, 6.07) is 8.87. The monoisotopic (exact) mass is 302 g/mol. The highest BCUT2D eigenvalue weighted by atomic mass is 16.6. The molecule has 0 bridgehead atoms. The molecule has 0 spiro atoms.